The molecule has 0 aliphatic carbocycles. The Hall–Kier alpha value is -2.33. The van der Waals surface area contributed by atoms with Crippen LogP contribution in [0.25, 0.3) is 0 Å². The van der Waals surface area contributed by atoms with Crippen molar-refractivity contribution in [3.05, 3.63) is 70.2 Å². The number of rotatable bonds is 6. The number of carbonyl (C=O) groups excluding carboxylic acids is 2. The largest absolute Gasteiger partial charge is 0.310 e. The summed E-state index contributed by atoms with van der Waals surface area (Å²) in [6, 6.07) is 15.2. The van der Waals surface area contributed by atoms with E-state index in [2.05, 4.69) is 6.92 Å². The van der Waals surface area contributed by atoms with Gasteiger partial charge in [0.25, 0.3) is 5.91 Å². The summed E-state index contributed by atoms with van der Waals surface area (Å²) in [5.41, 5.74) is 1.62. The van der Waals surface area contributed by atoms with E-state index in [9.17, 15) is 9.59 Å². The van der Waals surface area contributed by atoms with Crippen molar-refractivity contribution in [2.24, 2.45) is 0 Å². The highest BCUT2D eigenvalue weighted by molar-refractivity contribution is 6.30. The van der Waals surface area contributed by atoms with Crippen molar-refractivity contribution in [2.45, 2.75) is 44.7 Å². The fourth-order valence-electron chi connectivity index (χ4n) is 4.62. The fourth-order valence-corrected chi connectivity index (χ4v) is 4.75. The molecule has 2 aliphatic rings. The van der Waals surface area contributed by atoms with Crippen LogP contribution in [-0.2, 0) is 10.5 Å². The lowest BCUT2D eigenvalue weighted by molar-refractivity contribution is -0.136. The number of halogens is 1. The number of hydrogen-bond acceptors (Lipinski definition) is 2. The molecule has 1 unspecified atom stereocenters. The summed E-state index contributed by atoms with van der Waals surface area (Å²) in [6.07, 6.45) is 4.74. The lowest BCUT2D eigenvalue weighted by atomic mass is 9.89. The Morgan fingerprint density at radius 3 is 2.54 bits per heavy atom. The molecule has 0 radical (unpaired) electrons. The molecule has 28 heavy (non-hydrogen) atoms. The molecule has 0 spiro atoms. The van der Waals surface area contributed by atoms with Crippen LogP contribution >= 0.6 is 11.6 Å². The fraction of sp³-hybridized carbons (Fsp3) is 0.391. The summed E-state index contributed by atoms with van der Waals surface area (Å²) in [6.45, 7) is 3.25. The number of fused-ring (bicyclic) bond motifs is 3. The van der Waals surface area contributed by atoms with Gasteiger partial charge in [-0.15, -0.1) is 0 Å². The SMILES string of the molecule is CCCCCCC(=O)N1CCN2C(=O)c3ccccc3C12c1ccc(Cl)cc1. The Labute approximate surface area is 171 Å². The Morgan fingerprint density at radius 1 is 1.04 bits per heavy atom. The molecule has 2 aromatic rings. The molecule has 1 saturated heterocycles. The smallest absolute Gasteiger partial charge is 0.256 e. The van der Waals surface area contributed by atoms with Gasteiger partial charge in [0.1, 0.15) is 0 Å². The second-order valence-corrected chi connectivity index (χ2v) is 7.97. The van der Waals surface area contributed by atoms with Crippen LogP contribution in [-0.4, -0.2) is 34.7 Å². The number of hydrogen-bond donors (Lipinski definition) is 0. The van der Waals surface area contributed by atoms with Crippen LogP contribution in [0.5, 0.6) is 0 Å². The molecular formula is C23H25ClN2O2. The Balaban J connectivity index is 1.79. The summed E-state index contributed by atoms with van der Waals surface area (Å²) >= 11 is 6.12. The Bertz CT molecular complexity index is 896. The lowest BCUT2D eigenvalue weighted by Crippen LogP contribution is -2.51. The Kier molecular flexibility index (Phi) is 5.15. The second-order valence-electron chi connectivity index (χ2n) is 7.54. The standard InChI is InChI=1S/C23H25ClN2O2/c1-2-3-4-5-10-21(27)25-15-16-26-22(28)19-8-6-7-9-20(19)23(25,26)17-11-13-18(24)14-12-17/h6-9,11-14H,2-5,10,15-16H2,1H3. The van der Waals surface area contributed by atoms with Crippen molar-refractivity contribution in [1.29, 1.82) is 0 Å². The highest BCUT2D eigenvalue weighted by Gasteiger charge is 2.59. The van der Waals surface area contributed by atoms with Crippen LogP contribution in [0, 0.1) is 0 Å². The van der Waals surface area contributed by atoms with Crippen molar-refractivity contribution in [1.82, 2.24) is 9.80 Å². The highest BCUT2D eigenvalue weighted by Crippen LogP contribution is 2.49. The molecule has 146 valence electrons. The first kappa shape index (κ1) is 19.0. The van der Waals surface area contributed by atoms with Gasteiger partial charge in [0.2, 0.25) is 5.91 Å². The van der Waals surface area contributed by atoms with E-state index in [1.54, 1.807) is 0 Å². The molecule has 2 heterocycles. The molecule has 1 fully saturated rings. The number of benzene rings is 2. The third-order valence-electron chi connectivity index (χ3n) is 5.90. The molecule has 0 N–H and O–H groups in total. The number of carbonyl (C=O) groups is 2. The summed E-state index contributed by atoms with van der Waals surface area (Å²) in [5.74, 6) is 0.102. The van der Waals surface area contributed by atoms with Crippen LogP contribution in [0.3, 0.4) is 0 Å². The van der Waals surface area contributed by atoms with E-state index in [-0.39, 0.29) is 11.8 Å². The van der Waals surface area contributed by atoms with E-state index in [0.717, 1.165) is 36.8 Å². The first-order valence-corrected chi connectivity index (χ1v) is 10.5. The molecule has 0 saturated carbocycles. The van der Waals surface area contributed by atoms with Crippen molar-refractivity contribution < 1.29 is 9.59 Å². The lowest BCUT2D eigenvalue weighted by Gasteiger charge is -2.40. The van der Waals surface area contributed by atoms with Crippen molar-refractivity contribution in [3.63, 3.8) is 0 Å². The van der Waals surface area contributed by atoms with E-state index >= 15 is 0 Å². The van der Waals surface area contributed by atoms with Gasteiger partial charge in [-0.25, -0.2) is 0 Å². The van der Waals surface area contributed by atoms with Gasteiger partial charge < -0.3 is 9.80 Å². The first-order chi connectivity index (χ1) is 13.6. The van der Waals surface area contributed by atoms with Gasteiger partial charge in [-0.2, -0.15) is 0 Å². The maximum Gasteiger partial charge on any atom is 0.256 e. The monoisotopic (exact) mass is 396 g/mol. The normalized spacial score (nSPS) is 20.4. The van der Waals surface area contributed by atoms with Crippen LogP contribution in [0.2, 0.25) is 5.02 Å². The predicted octanol–water partition coefficient (Wildman–Crippen LogP) is 4.81. The van der Waals surface area contributed by atoms with Gasteiger partial charge in [0.15, 0.2) is 5.66 Å². The molecule has 5 heteroatoms. The number of nitrogens with zero attached hydrogens (tertiary/aromatic N) is 2. The average Bonchev–Trinajstić information content (AvgIpc) is 3.22. The number of amides is 2. The quantitative estimate of drug-likeness (QED) is 0.657. The molecule has 4 rings (SSSR count). The topological polar surface area (TPSA) is 40.6 Å². The van der Waals surface area contributed by atoms with Crippen molar-refractivity contribution in [3.8, 4) is 0 Å². The zero-order valence-electron chi connectivity index (χ0n) is 16.2. The van der Waals surface area contributed by atoms with Gasteiger partial charge in [-0.05, 0) is 24.6 Å². The molecular weight excluding hydrogens is 372 g/mol. The number of unbranched alkanes of at least 4 members (excludes halogenated alkanes) is 3. The zero-order valence-corrected chi connectivity index (χ0v) is 16.9. The van der Waals surface area contributed by atoms with Crippen molar-refractivity contribution in [2.75, 3.05) is 13.1 Å². The van der Waals surface area contributed by atoms with Gasteiger partial charge >= 0.3 is 0 Å². The molecule has 2 aliphatic heterocycles. The predicted molar refractivity (Wildman–Crippen MR) is 110 cm³/mol. The van der Waals surface area contributed by atoms with E-state index in [0.29, 0.717) is 30.1 Å². The molecule has 2 aromatic carbocycles. The highest BCUT2D eigenvalue weighted by atomic mass is 35.5. The van der Waals surface area contributed by atoms with Crippen LogP contribution in [0.1, 0.15) is 60.5 Å². The molecule has 1 atom stereocenters. The Morgan fingerprint density at radius 2 is 1.79 bits per heavy atom. The second kappa shape index (κ2) is 7.59. The average molecular weight is 397 g/mol. The summed E-state index contributed by atoms with van der Waals surface area (Å²) in [7, 11) is 0. The van der Waals surface area contributed by atoms with Gasteiger partial charge in [-0.3, -0.25) is 9.59 Å². The van der Waals surface area contributed by atoms with Gasteiger partial charge in [0, 0.05) is 41.2 Å². The summed E-state index contributed by atoms with van der Waals surface area (Å²) < 4.78 is 0. The maximum atomic E-state index is 13.3. The summed E-state index contributed by atoms with van der Waals surface area (Å²) in [5, 5.41) is 0.639. The summed E-state index contributed by atoms with van der Waals surface area (Å²) in [4.78, 5) is 30.2. The molecule has 4 nitrogen and oxygen atoms in total. The molecule has 0 aromatic heterocycles. The minimum absolute atomic E-state index is 0.00756. The van der Waals surface area contributed by atoms with E-state index in [1.165, 1.54) is 0 Å². The van der Waals surface area contributed by atoms with E-state index in [1.807, 2.05) is 58.3 Å². The van der Waals surface area contributed by atoms with Crippen LogP contribution in [0.15, 0.2) is 48.5 Å². The maximum absolute atomic E-state index is 13.3. The van der Waals surface area contributed by atoms with Crippen LogP contribution in [0.4, 0.5) is 0 Å². The third-order valence-corrected chi connectivity index (χ3v) is 6.15. The van der Waals surface area contributed by atoms with Crippen LogP contribution < -0.4 is 0 Å². The molecule has 0 bridgehead atoms. The van der Waals surface area contributed by atoms with E-state index < -0.39 is 5.66 Å². The van der Waals surface area contributed by atoms with Gasteiger partial charge in [0.05, 0.1) is 0 Å². The molecule has 2 amide bonds. The minimum atomic E-state index is -0.861. The first-order valence-electron chi connectivity index (χ1n) is 10.1. The minimum Gasteiger partial charge on any atom is -0.310 e. The third kappa shape index (κ3) is 2.82. The van der Waals surface area contributed by atoms with Crippen molar-refractivity contribution >= 4 is 23.4 Å². The van der Waals surface area contributed by atoms with Gasteiger partial charge in [-0.1, -0.05) is 68.1 Å². The van der Waals surface area contributed by atoms with E-state index in [4.69, 9.17) is 11.6 Å². The zero-order chi connectivity index (χ0) is 19.7.